The van der Waals surface area contributed by atoms with Crippen LogP contribution in [0.5, 0.6) is 0 Å². The smallest absolute Gasteiger partial charge is 0.151 e. The second-order valence-corrected chi connectivity index (χ2v) is 5.63. The molecule has 2 aliphatic rings. The molecule has 0 radical (unpaired) electrons. The van der Waals surface area contributed by atoms with Crippen LogP contribution in [0.4, 0.5) is 0 Å². The van der Waals surface area contributed by atoms with E-state index in [1.54, 1.807) is 0 Å². The fourth-order valence-electron chi connectivity index (χ4n) is 2.70. The summed E-state index contributed by atoms with van der Waals surface area (Å²) >= 11 is 5.74. The summed E-state index contributed by atoms with van der Waals surface area (Å²) in [5, 5.41) is 8.47. The van der Waals surface area contributed by atoms with Gasteiger partial charge in [-0.15, -0.1) is 5.10 Å². The minimum Gasteiger partial charge on any atom is -0.298 e. The summed E-state index contributed by atoms with van der Waals surface area (Å²) in [6, 6.07) is 4.66. The van der Waals surface area contributed by atoms with Gasteiger partial charge in [0.05, 0.1) is 5.69 Å². The topological polar surface area (TPSA) is 32.3 Å². The van der Waals surface area contributed by atoms with Crippen LogP contribution in [-0.2, 0) is 6.54 Å². The second kappa shape index (κ2) is 5.51. The highest BCUT2D eigenvalue weighted by molar-refractivity contribution is 6.29. The van der Waals surface area contributed by atoms with E-state index in [4.69, 9.17) is 11.6 Å². The zero-order valence-electron chi connectivity index (χ0n) is 10.6. The third kappa shape index (κ3) is 2.82. The molecule has 4 nitrogen and oxygen atoms in total. The molecule has 0 aromatic carbocycles. The highest BCUT2D eigenvalue weighted by Gasteiger charge is 2.27. The monoisotopic (exact) mass is 266 g/mol. The van der Waals surface area contributed by atoms with Crippen molar-refractivity contribution in [1.29, 1.82) is 0 Å². The Hall–Kier alpha value is -0.710. The van der Waals surface area contributed by atoms with Gasteiger partial charge in [-0.2, -0.15) is 5.10 Å². The van der Waals surface area contributed by atoms with Gasteiger partial charge in [-0.1, -0.05) is 18.0 Å². The van der Waals surface area contributed by atoms with E-state index in [0.717, 1.165) is 31.4 Å². The lowest BCUT2D eigenvalue weighted by Crippen LogP contribution is -2.51. The van der Waals surface area contributed by atoms with Crippen molar-refractivity contribution in [3.63, 3.8) is 0 Å². The van der Waals surface area contributed by atoms with E-state index in [0.29, 0.717) is 5.15 Å². The molecule has 5 heteroatoms. The van der Waals surface area contributed by atoms with E-state index >= 15 is 0 Å². The molecular formula is C13H19ClN4. The van der Waals surface area contributed by atoms with Crippen LogP contribution in [0.2, 0.25) is 5.15 Å². The van der Waals surface area contributed by atoms with Crippen molar-refractivity contribution >= 4 is 11.6 Å². The SMILES string of the molecule is Clc1ccc(CN2CCN(C3CCC3)CC2)nn1. The number of nitrogens with zero attached hydrogens (tertiary/aromatic N) is 4. The van der Waals surface area contributed by atoms with E-state index in [-0.39, 0.29) is 0 Å². The Morgan fingerprint density at radius 3 is 2.44 bits per heavy atom. The van der Waals surface area contributed by atoms with Crippen molar-refractivity contribution in [3.05, 3.63) is 23.0 Å². The van der Waals surface area contributed by atoms with Crippen LogP contribution in [0.25, 0.3) is 0 Å². The van der Waals surface area contributed by atoms with Gasteiger partial charge in [-0.05, 0) is 25.0 Å². The molecule has 98 valence electrons. The highest BCUT2D eigenvalue weighted by Crippen LogP contribution is 2.25. The van der Waals surface area contributed by atoms with Crippen molar-refractivity contribution in [2.45, 2.75) is 31.8 Å². The number of aromatic nitrogens is 2. The van der Waals surface area contributed by atoms with Gasteiger partial charge in [0.15, 0.2) is 5.15 Å². The van der Waals surface area contributed by atoms with Crippen LogP contribution in [0.1, 0.15) is 25.0 Å². The van der Waals surface area contributed by atoms with E-state index in [9.17, 15) is 0 Å². The molecule has 0 N–H and O–H groups in total. The number of piperazine rings is 1. The van der Waals surface area contributed by atoms with Crippen LogP contribution in [-0.4, -0.2) is 52.2 Å². The largest absolute Gasteiger partial charge is 0.298 e. The van der Waals surface area contributed by atoms with Crippen LogP contribution >= 0.6 is 11.6 Å². The third-order valence-electron chi connectivity index (χ3n) is 4.07. The maximum Gasteiger partial charge on any atom is 0.151 e. The van der Waals surface area contributed by atoms with Gasteiger partial charge in [0.25, 0.3) is 0 Å². The Bertz CT molecular complexity index is 382. The average molecular weight is 267 g/mol. The molecule has 1 aliphatic heterocycles. The predicted octanol–water partition coefficient (Wildman–Crippen LogP) is 1.80. The Kier molecular flexibility index (Phi) is 3.77. The summed E-state index contributed by atoms with van der Waals surface area (Å²) < 4.78 is 0. The highest BCUT2D eigenvalue weighted by atomic mass is 35.5. The zero-order valence-corrected chi connectivity index (χ0v) is 11.3. The Morgan fingerprint density at radius 1 is 1.11 bits per heavy atom. The maximum absolute atomic E-state index is 5.74. The van der Waals surface area contributed by atoms with Crippen molar-refractivity contribution in [1.82, 2.24) is 20.0 Å². The lowest BCUT2D eigenvalue weighted by atomic mass is 9.91. The van der Waals surface area contributed by atoms with E-state index in [1.807, 2.05) is 12.1 Å². The maximum atomic E-state index is 5.74. The van der Waals surface area contributed by atoms with Crippen LogP contribution < -0.4 is 0 Å². The molecule has 0 spiro atoms. The summed E-state index contributed by atoms with van der Waals surface area (Å²) in [6.45, 7) is 5.57. The summed E-state index contributed by atoms with van der Waals surface area (Å²) in [7, 11) is 0. The van der Waals surface area contributed by atoms with E-state index < -0.39 is 0 Å². The van der Waals surface area contributed by atoms with Crippen LogP contribution in [0.15, 0.2) is 12.1 Å². The molecule has 0 atom stereocenters. The standard InChI is InChI=1S/C13H19ClN4/c14-13-5-4-11(15-16-13)10-17-6-8-18(9-7-17)12-2-1-3-12/h4-5,12H,1-3,6-10H2. The molecule has 0 unspecified atom stereocenters. The minimum absolute atomic E-state index is 0.466. The van der Waals surface area contributed by atoms with E-state index in [1.165, 1.54) is 32.4 Å². The molecule has 0 bridgehead atoms. The lowest BCUT2D eigenvalue weighted by molar-refractivity contribution is 0.0581. The van der Waals surface area contributed by atoms with Crippen LogP contribution in [0, 0.1) is 0 Å². The third-order valence-corrected chi connectivity index (χ3v) is 4.27. The normalized spacial score (nSPS) is 22.9. The molecule has 1 saturated carbocycles. The number of hydrogen-bond acceptors (Lipinski definition) is 4. The fourth-order valence-corrected chi connectivity index (χ4v) is 2.80. The quantitative estimate of drug-likeness (QED) is 0.835. The first-order chi connectivity index (χ1) is 8.81. The molecule has 18 heavy (non-hydrogen) atoms. The summed E-state index contributed by atoms with van der Waals surface area (Å²) in [5.41, 5.74) is 1.01. The first-order valence-corrected chi connectivity index (χ1v) is 7.13. The van der Waals surface area contributed by atoms with Gasteiger partial charge in [-0.25, -0.2) is 0 Å². The first-order valence-electron chi connectivity index (χ1n) is 6.76. The zero-order chi connectivity index (χ0) is 12.4. The molecule has 1 saturated heterocycles. The summed E-state index contributed by atoms with van der Waals surface area (Å²) in [4.78, 5) is 5.10. The molecule has 2 heterocycles. The van der Waals surface area contributed by atoms with Gasteiger partial charge in [0.2, 0.25) is 0 Å². The molecule has 1 aromatic rings. The Labute approximate surface area is 113 Å². The summed E-state index contributed by atoms with van der Waals surface area (Å²) in [6.07, 6.45) is 4.23. The fraction of sp³-hybridized carbons (Fsp3) is 0.692. The van der Waals surface area contributed by atoms with E-state index in [2.05, 4.69) is 20.0 Å². The molecule has 3 rings (SSSR count). The van der Waals surface area contributed by atoms with Gasteiger partial charge in [0, 0.05) is 38.8 Å². The molecule has 0 amide bonds. The van der Waals surface area contributed by atoms with Gasteiger partial charge >= 0.3 is 0 Å². The van der Waals surface area contributed by atoms with Gasteiger partial charge in [0.1, 0.15) is 0 Å². The number of rotatable bonds is 3. The molecular weight excluding hydrogens is 248 g/mol. The van der Waals surface area contributed by atoms with Gasteiger partial charge in [-0.3, -0.25) is 9.80 Å². The van der Waals surface area contributed by atoms with Crippen molar-refractivity contribution in [2.75, 3.05) is 26.2 Å². The number of hydrogen-bond donors (Lipinski definition) is 0. The Balaban J connectivity index is 1.48. The van der Waals surface area contributed by atoms with Gasteiger partial charge < -0.3 is 0 Å². The average Bonchev–Trinajstić information content (AvgIpc) is 2.32. The molecule has 2 fully saturated rings. The predicted molar refractivity (Wildman–Crippen MR) is 71.5 cm³/mol. The molecule has 1 aliphatic carbocycles. The Morgan fingerprint density at radius 2 is 1.89 bits per heavy atom. The summed E-state index contributed by atoms with van der Waals surface area (Å²) in [5.74, 6) is 0. The second-order valence-electron chi connectivity index (χ2n) is 5.24. The van der Waals surface area contributed by atoms with Crippen molar-refractivity contribution in [3.8, 4) is 0 Å². The van der Waals surface area contributed by atoms with Crippen LogP contribution in [0.3, 0.4) is 0 Å². The van der Waals surface area contributed by atoms with Crippen molar-refractivity contribution in [2.24, 2.45) is 0 Å². The first kappa shape index (κ1) is 12.3. The number of halogens is 1. The lowest BCUT2D eigenvalue weighted by Gasteiger charge is -2.42. The minimum atomic E-state index is 0.466. The van der Waals surface area contributed by atoms with Crippen molar-refractivity contribution < 1.29 is 0 Å². The molecule has 1 aromatic heterocycles.